The zero-order valence-electron chi connectivity index (χ0n) is 16.3. The Morgan fingerprint density at radius 2 is 1.00 bits per heavy atom. The van der Waals surface area contributed by atoms with Crippen molar-refractivity contribution in [3.8, 4) is 0 Å². The van der Waals surface area contributed by atoms with Crippen molar-refractivity contribution in [3.63, 3.8) is 0 Å². The molecule has 0 atom stereocenters. The smallest absolute Gasteiger partial charge is 0.242 e. The summed E-state index contributed by atoms with van der Waals surface area (Å²) in [6.07, 6.45) is 0. The summed E-state index contributed by atoms with van der Waals surface area (Å²) in [6, 6.07) is 30.6. The van der Waals surface area contributed by atoms with E-state index < -0.39 is 5.41 Å². The van der Waals surface area contributed by atoms with Crippen LogP contribution in [0.2, 0.25) is 0 Å². The van der Waals surface area contributed by atoms with E-state index in [4.69, 9.17) is 0 Å². The summed E-state index contributed by atoms with van der Waals surface area (Å²) in [5, 5.41) is 0. The van der Waals surface area contributed by atoms with Gasteiger partial charge in [-0.1, -0.05) is 91.0 Å². The van der Waals surface area contributed by atoms with Crippen molar-refractivity contribution in [3.05, 3.63) is 108 Å². The van der Waals surface area contributed by atoms with E-state index in [1.807, 2.05) is 59.5 Å². The van der Waals surface area contributed by atoms with Crippen molar-refractivity contribution in [1.82, 2.24) is 9.80 Å². The molecule has 0 unspecified atom stereocenters. The molecule has 0 radical (unpaired) electrons. The number of likely N-dealkylation sites (N-methyl/N-ethyl adjacent to an activating group) is 1. The summed E-state index contributed by atoms with van der Waals surface area (Å²) >= 11 is 0. The molecule has 1 aliphatic rings. The van der Waals surface area contributed by atoms with Gasteiger partial charge in [-0.05, 0) is 23.7 Å². The molecule has 1 aliphatic heterocycles. The van der Waals surface area contributed by atoms with Gasteiger partial charge in [0, 0.05) is 26.2 Å². The lowest BCUT2D eigenvalue weighted by molar-refractivity contribution is -0.136. The van der Waals surface area contributed by atoms with Gasteiger partial charge in [0.2, 0.25) is 5.91 Å². The van der Waals surface area contributed by atoms with E-state index in [1.54, 1.807) is 0 Å². The van der Waals surface area contributed by atoms with E-state index >= 15 is 0 Å². The Labute approximate surface area is 167 Å². The molecule has 3 heteroatoms. The van der Waals surface area contributed by atoms with Crippen LogP contribution in [0.15, 0.2) is 91.0 Å². The van der Waals surface area contributed by atoms with Gasteiger partial charge in [0.15, 0.2) is 0 Å². The zero-order chi connectivity index (χ0) is 19.4. The second kappa shape index (κ2) is 7.99. The number of carbonyl (C=O) groups is 1. The molecular weight excluding hydrogens is 344 g/mol. The molecule has 1 saturated heterocycles. The van der Waals surface area contributed by atoms with Crippen LogP contribution in [0.3, 0.4) is 0 Å². The molecule has 142 valence electrons. The molecule has 0 N–H and O–H groups in total. The van der Waals surface area contributed by atoms with Crippen LogP contribution in [0.25, 0.3) is 0 Å². The fourth-order valence-corrected chi connectivity index (χ4v) is 4.18. The van der Waals surface area contributed by atoms with Crippen LogP contribution in [-0.2, 0) is 10.2 Å². The van der Waals surface area contributed by atoms with Crippen molar-refractivity contribution < 1.29 is 4.79 Å². The summed E-state index contributed by atoms with van der Waals surface area (Å²) in [4.78, 5) is 18.5. The van der Waals surface area contributed by atoms with E-state index in [-0.39, 0.29) is 5.91 Å². The Morgan fingerprint density at radius 3 is 1.36 bits per heavy atom. The highest BCUT2D eigenvalue weighted by Crippen LogP contribution is 2.41. The predicted octanol–water partition coefficient (Wildman–Crippen LogP) is 3.80. The molecule has 0 bridgehead atoms. The zero-order valence-corrected chi connectivity index (χ0v) is 16.3. The molecule has 3 nitrogen and oxygen atoms in total. The first-order chi connectivity index (χ1) is 13.7. The average molecular weight is 370 g/mol. The van der Waals surface area contributed by atoms with E-state index in [0.717, 1.165) is 42.9 Å². The molecule has 3 aromatic rings. The topological polar surface area (TPSA) is 23.6 Å². The van der Waals surface area contributed by atoms with Crippen molar-refractivity contribution >= 4 is 5.91 Å². The third-order valence-electron chi connectivity index (χ3n) is 5.73. The van der Waals surface area contributed by atoms with Gasteiger partial charge in [-0.2, -0.15) is 0 Å². The molecule has 0 aromatic heterocycles. The number of carbonyl (C=O) groups excluding carboxylic acids is 1. The maximum Gasteiger partial charge on any atom is 0.242 e. The quantitative estimate of drug-likeness (QED) is 0.652. The minimum atomic E-state index is -0.848. The number of piperazine rings is 1. The summed E-state index contributed by atoms with van der Waals surface area (Å²) in [5.41, 5.74) is 2.18. The highest BCUT2D eigenvalue weighted by Gasteiger charge is 2.46. The largest absolute Gasteiger partial charge is 0.339 e. The Morgan fingerprint density at radius 1 is 0.643 bits per heavy atom. The standard InChI is InChI=1S/C25H26N2O/c1-26-17-19-27(20-18-26)24(28)25(21-11-5-2-6-12-21,22-13-7-3-8-14-22)23-15-9-4-10-16-23/h2-16H,17-20H2,1H3. The highest BCUT2D eigenvalue weighted by atomic mass is 16.2. The second-order valence-electron chi connectivity index (χ2n) is 7.44. The summed E-state index contributed by atoms with van der Waals surface area (Å²) < 4.78 is 0. The Bertz CT molecular complexity index is 804. The average Bonchev–Trinajstić information content (AvgIpc) is 2.77. The van der Waals surface area contributed by atoms with Crippen molar-refractivity contribution in [2.45, 2.75) is 5.41 Å². The minimum absolute atomic E-state index is 0.157. The summed E-state index contributed by atoms with van der Waals surface area (Å²) in [5.74, 6) is 0.157. The fourth-order valence-electron chi connectivity index (χ4n) is 4.18. The summed E-state index contributed by atoms with van der Waals surface area (Å²) in [7, 11) is 2.11. The number of hydrogen-bond donors (Lipinski definition) is 0. The van der Waals surface area contributed by atoms with Gasteiger partial charge >= 0.3 is 0 Å². The van der Waals surface area contributed by atoms with Gasteiger partial charge < -0.3 is 9.80 Å². The van der Waals surface area contributed by atoms with Gasteiger partial charge in [-0.25, -0.2) is 0 Å². The van der Waals surface area contributed by atoms with Crippen molar-refractivity contribution in [2.75, 3.05) is 33.2 Å². The monoisotopic (exact) mass is 370 g/mol. The normalized spacial score (nSPS) is 15.4. The molecule has 1 amide bonds. The molecule has 3 aromatic carbocycles. The van der Waals surface area contributed by atoms with E-state index in [1.165, 1.54) is 0 Å². The van der Waals surface area contributed by atoms with E-state index in [9.17, 15) is 4.79 Å². The van der Waals surface area contributed by atoms with Crippen LogP contribution in [0.4, 0.5) is 0 Å². The lowest BCUT2D eigenvalue weighted by Crippen LogP contribution is -2.54. The van der Waals surface area contributed by atoms with Crippen LogP contribution in [0.1, 0.15) is 16.7 Å². The first-order valence-corrected chi connectivity index (χ1v) is 9.87. The molecule has 1 fully saturated rings. The number of rotatable bonds is 4. The lowest BCUT2D eigenvalue weighted by atomic mass is 9.68. The molecule has 0 saturated carbocycles. The predicted molar refractivity (Wildman–Crippen MR) is 113 cm³/mol. The third kappa shape index (κ3) is 3.23. The van der Waals surface area contributed by atoms with E-state index in [2.05, 4.69) is 48.3 Å². The van der Waals surface area contributed by atoms with Crippen LogP contribution in [0, 0.1) is 0 Å². The molecule has 28 heavy (non-hydrogen) atoms. The van der Waals surface area contributed by atoms with Crippen molar-refractivity contribution in [2.24, 2.45) is 0 Å². The maximum absolute atomic E-state index is 14.2. The first kappa shape index (κ1) is 18.5. The minimum Gasteiger partial charge on any atom is -0.339 e. The van der Waals surface area contributed by atoms with Crippen LogP contribution in [-0.4, -0.2) is 48.9 Å². The Kier molecular flexibility index (Phi) is 5.27. The number of amides is 1. The number of benzene rings is 3. The second-order valence-corrected chi connectivity index (χ2v) is 7.44. The highest BCUT2D eigenvalue weighted by molar-refractivity contribution is 5.96. The van der Waals surface area contributed by atoms with Gasteiger partial charge in [0.25, 0.3) is 0 Å². The fraction of sp³-hybridized carbons (Fsp3) is 0.240. The van der Waals surface area contributed by atoms with Crippen LogP contribution >= 0.6 is 0 Å². The number of hydrogen-bond acceptors (Lipinski definition) is 2. The molecule has 4 rings (SSSR count). The molecule has 0 spiro atoms. The molecule has 1 heterocycles. The van der Waals surface area contributed by atoms with Crippen molar-refractivity contribution in [1.29, 1.82) is 0 Å². The van der Waals surface area contributed by atoms with Crippen LogP contribution < -0.4 is 0 Å². The van der Waals surface area contributed by atoms with Gasteiger partial charge in [-0.15, -0.1) is 0 Å². The van der Waals surface area contributed by atoms with E-state index in [0.29, 0.717) is 0 Å². The maximum atomic E-state index is 14.2. The molecular formula is C25H26N2O. The van der Waals surface area contributed by atoms with Gasteiger partial charge in [0.1, 0.15) is 5.41 Å². The van der Waals surface area contributed by atoms with Gasteiger partial charge in [0.05, 0.1) is 0 Å². The molecule has 0 aliphatic carbocycles. The SMILES string of the molecule is CN1CCN(C(=O)C(c2ccccc2)(c2ccccc2)c2ccccc2)CC1. The summed E-state index contributed by atoms with van der Waals surface area (Å²) in [6.45, 7) is 3.31. The third-order valence-corrected chi connectivity index (χ3v) is 5.73. The lowest BCUT2D eigenvalue weighted by Gasteiger charge is -2.41. The van der Waals surface area contributed by atoms with Crippen LogP contribution in [0.5, 0.6) is 0 Å². The first-order valence-electron chi connectivity index (χ1n) is 9.87. The number of nitrogens with zero attached hydrogens (tertiary/aromatic N) is 2. The Hall–Kier alpha value is -2.91. The Balaban J connectivity index is 1.95. The van der Waals surface area contributed by atoms with Gasteiger partial charge in [-0.3, -0.25) is 4.79 Å².